The predicted molar refractivity (Wildman–Crippen MR) is 61.1 cm³/mol. The Morgan fingerprint density at radius 2 is 1.67 bits per heavy atom. The second-order valence-electron chi connectivity index (χ2n) is 5.21. The molecule has 1 atom stereocenters. The molecule has 0 aliphatic carbocycles. The van der Waals surface area contributed by atoms with E-state index in [1.807, 2.05) is 25.5 Å². The van der Waals surface area contributed by atoms with Crippen molar-refractivity contribution in [2.24, 2.45) is 5.41 Å². The first-order chi connectivity index (χ1) is 7.81. The van der Waals surface area contributed by atoms with Crippen LogP contribution >= 0.6 is 0 Å². The molecule has 0 saturated carbocycles. The molecule has 0 aromatic heterocycles. The van der Waals surface area contributed by atoms with Gasteiger partial charge in [0.1, 0.15) is 6.54 Å². The van der Waals surface area contributed by atoms with Gasteiger partial charge >= 0.3 is 6.18 Å². The molecule has 0 rings (SSSR count). The molecule has 0 fully saturated rings. The fourth-order valence-electron chi connectivity index (χ4n) is 1.21. The van der Waals surface area contributed by atoms with Gasteiger partial charge in [0, 0.05) is 6.54 Å². The third-order valence-corrected chi connectivity index (χ3v) is 2.89. The minimum atomic E-state index is -4.61. The van der Waals surface area contributed by atoms with E-state index >= 15 is 0 Å². The molecule has 0 spiro atoms. The topological polar surface area (TPSA) is 78.4 Å². The molecule has 0 aliphatic rings. The maximum absolute atomic E-state index is 11.8. The van der Waals surface area contributed by atoms with Crippen molar-refractivity contribution < 1.29 is 26.7 Å². The summed E-state index contributed by atoms with van der Waals surface area (Å²) < 4.78 is 60.8. The highest BCUT2D eigenvalue weighted by Crippen LogP contribution is 2.20. The molecule has 0 bridgehead atoms. The van der Waals surface area contributed by atoms with Gasteiger partial charge in [-0.3, -0.25) is 0 Å². The fourth-order valence-corrected chi connectivity index (χ4v) is 2.08. The van der Waals surface area contributed by atoms with E-state index in [4.69, 9.17) is 0 Å². The zero-order valence-electron chi connectivity index (χ0n) is 10.5. The number of hydrogen-bond acceptors (Lipinski definition) is 3. The number of halogens is 3. The smallest absolute Gasteiger partial charge is 0.392 e. The van der Waals surface area contributed by atoms with Crippen molar-refractivity contribution in [1.29, 1.82) is 0 Å². The van der Waals surface area contributed by atoms with Crippen molar-refractivity contribution in [2.75, 3.05) is 13.1 Å². The lowest BCUT2D eigenvalue weighted by atomic mass is 9.89. The summed E-state index contributed by atoms with van der Waals surface area (Å²) in [5, 5.41) is 9.50. The predicted octanol–water partition coefficient (Wildman–Crippen LogP) is 0.770. The normalized spacial score (nSPS) is 15.7. The van der Waals surface area contributed by atoms with Gasteiger partial charge in [-0.15, -0.1) is 0 Å². The molecule has 110 valence electrons. The number of aliphatic hydroxyl groups is 1. The molecule has 0 aromatic rings. The van der Waals surface area contributed by atoms with Crippen LogP contribution in [-0.2, 0) is 10.2 Å². The van der Waals surface area contributed by atoms with Gasteiger partial charge in [0.25, 0.3) is 10.2 Å². The molecule has 0 heterocycles. The van der Waals surface area contributed by atoms with Crippen molar-refractivity contribution in [3.8, 4) is 0 Å². The van der Waals surface area contributed by atoms with Gasteiger partial charge in [-0.25, -0.2) is 0 Å². The lowest BCUT2D eigenvalue weighted by Crippen LogP contribution is -2.44. The second kappa shape index (κ2) is 6.18. The number of hydrogen-bond donors (Lipinski definition) is 3. The molecule has 18 heavy (non-hydrogen) atoms. The first-order valence-corrected chi connectivity index (χ1v) is 6.78. The molecule has 1 unspecified atom stereocenters. The summed E-state index contributed by atoms with van der Waals surface area (Å²) in [5.74, 6) is 0. The van der Waals surface area contributed by atoms with Gasteiger partial charge in [-0.1, -0.05) is 20.8 Å². The number of aliphatic hydroxyl groups excluding tert-OH is 1. The average molecular weight is 292 g/mol. The lowest BCUT2D eigenvalue weighted by Gasteiger charge is -2.22. The Bertz CT molecular complexity index is 349. The molecule has 0 aromatic carbocycles. The third-order valence-electron chi connectivity index (χ3n) is 1.82. The summed E-state index contributed by atoms with van der Waals surface area (Å²) in [4.78, 5) is 0. The highest BCUT2D eigenvalue weighted by Gasteiger charge is 2.29. The maximum atomic E-state index is 11.8. The Balaban J connectivity index is 4.12. The van der Waals surface area contributed by atoms with Crippen molar-refractivity contribution in [2.45, 2.75) is 39.5 Å². The summed E-state index contributed by atoms with van der Waals surface area (Å²) in [7, 11) is -4.25. The highest BCUT2D eigenvalue weighted by atomic mass is 32.2. The first-order valence-electron chi connectivity index (χ1n) is 5.30. The van der Waals surface area contributed by atoms with Gasteiger partial charge in [-0.2, -0.15) is 31.0 Å². The highest BCUT2D eigenvalue weighted by molar-refractivity contribution is 7.87. The summed E-state index contributed by atoms with van der Waals surface area (Å²) in [5.41, 5.74) is -0.204. The van der Waals surface area contributed by atoms with E-state index in [1.165, 1.54) is 4.72 Å². The Kier molecular flexibility index (Phi) is 6.05. The SMILES string of the molecule is CC(C)(C)CC(O)CNS(=O)(=O)NCC(F)(F)F. The summed E-state index contributed by atoms with van der Waals surface area (Å²) in [6, 6.07) is 0. The van der Waals surface area contributed by atoms with E-state index in [2.05, 4.69) is 0 Å². The summed E-state index contributed by atoms with van der Waals surface area (Å²) in [6.07, 6.45) is -5.24. The molecule has 0 aliphatic heterocycles. The van der Waals surface area contributed by atoms with Crippen LogP contribution in [0.15, 0.2) is 0 Å². The maximum Gasteiger partial charge on any atom is 0.402 e. The molecule has 0 saturated heterocycles. The third kappa shape index (κ3) is 10.8. The van der Waals surface area contributed by atoms with Gasteiger partial charge in [0.15, 0.2) is 0 Å². The van der Waals surface area contributed by atoms with Gasteiger partial charge in [0.05, 0.1) is 6.10 Å². The van der Waals surface area contributed by atoms with E-state index in [0.717, 1.165) is 0 Å². The van der Waals surface area contributed by atoms with Crippen LogP contribution in [0, 0.1) is 5.41 Å². The van der Waals surface area contributed by atoms with Crippen LogP contribution in [0.3, 0.4) is 0 Å². The van der Waals surface area contributed by atoms with Crippen molar-refractivity contribution >= 4 is 10.2 Å². The number of nitrogens with one attached hydrogen (secondary N) is 2. The van der Waals surface area contributed by atoms with Crippen LogP contribution in [0.5, 0.6) is 0 Å². The molecule has 9 heteroatoms. The quantitative estimate of drug-likeness (QED) is 0.676. The van der Waals surface area contributed by atoms with Crippen LogP contribution in [0.25, 0.3) is 0 Å². The molecule has 0 radical (unpaired) electrons. The summed E-state index contributed by atoms with van der Waals surface area (Å²) >= 11 is 0. The molecular weight excluding hydrogens is 273 g/mol. The number of rotatable bonds is 6. The first kappa shape index (κ1) is 17.6. The van der Waals surface area contributed by atoms with Crippen molar-refractivity contribution in [3.63, 3.8) is 0 Å². The Hall–Kier alpha value is -0.380. The molecular formula is C9H19F3N2O3S. The zero-order chi connectivity index (χ0) is 14.6. The minimum absolute atomic E-state index is 0.204. The van der Waals surface area contributed by atoms with Gasteiger partial charge < -0.3 is 5.11 Å². The lowest BCUT2D eigenvalue weighted by molar-refractivity contribution is -0.121. The second-order valence-corrected chi connectivity index (χ2v) is 6.79. The Morgan fingerprint density at radius 1 is 1.17 bits per heavy atom. The molecule has 5 nitrogen and oxygen atoms in total. The summed E-state index contributed by atoms with van der Waals surface area (Å²) in [6.45, 7) is 3.59. The van der Waals surface area contributed by atoms with E-state index < -0.39 is 29.0 Å². The van der Waals surface area contributed by atoms with Gasteiger partial charge in [0.2, 0.25) is 0 Å². The molecule has 0 amide bonds. The molecule has 3 N–H and O–H groups in total. The zero-order valence-corrected chi connectivity index (χ0v) is 11.3. The van der Waals surface area contributed by atoms with Crippen LogP contribution in [-0.4, -0.2) is 38.9 Å². The average Bonchev–Trinajstić information content (AvgIpc) is 2.08. The van der Waals surface area contributed by atoms with Crippen molar-refractivity contribution in [1.82, 2.24) is 9.44 Å². The van der Waals surface area contributed by atoms with Crippen LogP contribution < -0.4 is 9.44 Å². The van der Waals surface area contributed by atoms with Crippen LogP contribution in [0.4, 0.5) is 13.2 Å². The Labute approximate surface area is 105 Å². The standard InChI is InChI=1S/C9H19F3N2O3S/c1-8(2,3)4-7(15)5-13-18(16,17)14-6-9(10,11)12/h7,13-15H,4-6H2,1-3H3. The van der Waals surface area contributed by atoms with E-state index in [1.54, 1.807) is 0 Å². The van der Waals surface area contributed by atoms with Crippen LogP contribution in [0.1, 0.15) is 27.2 Å². The largest absolute Gasteiger partial charge is 0.402 e. The van der Waals surface area contributed by atoms with E-state index in [-0.39, 0.29) is 12.0 Å². The minimum Gasteiger partial charge on any atom is -0.392 e. The van der Waals surface area contributed by atoms with Crippen molar-refractivity contribution in [3.05, 3.63) is 0 Å². The Morgan fingerprint density at radius 3 is 2.06 bits per heavy atom. The van der Waals surface area contributed by atoms with E-state index in [0.29, 0.717) is 6.42 Å². The van der Waals surface area contributed by atoms with Crippen LogP contribution in [0.2, 0.25) is 0 Å². The fraction of sp³-hybridized carbons (Fsp3) is 1.00. The van der Waals surface area contributed by atoms with E-state index in [9.17, 15) is 26.7 Å². The number of alkyl halides is 3. The monoisotopic (exact) mass is 292 g/mol. The van der Waals surface area contributed by atoms with Gasteiger partial charge in [-0.05, 0) is 11.8 Å².